The summed E-state index contributed by atoms with van der Waals surface area (Å²) >= 11 is 0. The van der Waals surface area contributed by atoms with E-state index in [1.54, 1.807) is 0 Å². The number of nitrogens with one attached hydrogen (secondary N) is 1. The molecule has 16 heavy (non-hydrogen) atoms. The first-order valence-corrected chi connectivity index (χ1v) is 5.89. The van der Waals surface area contributed by atoms with Crippen LogP contribution in [0, 0.1) is 5.41 Å². The van der Waals surface area contributed by atoms with Crippen molar-refractivity contribution in [1.29, 1.82) is 5.41 Å². The summed E-state index contributed by atoms with van der Waals surface area (Å²) in [5.74, 6) is 0.146. The molecule has 0 bridgehead atoms. The van der Waals surface area contributed by atoms with Crippen LogP contribution in [0.3, 0.4) is 0 Å². The molecular weight excluding hydrogens is 198 g/mol. The van der Waals surface area contributed by atoms with Crippen LogP contribution in [-0.4, -0.2) is 18.9 Å². The van der Waals surface area contributed by atoms with Gasteiger partial charge in [-0.2, -0.15) is 0 Å². The lowest BCUT2D eigenvalue weighted by Crippen LogP contribution is -2.27. The molecular formula is C13H21N3. The highest BCUT2D eigenvalue weighted by molar-refractivity contribution is 6.00. The van der Waals surface area contributed by atoms with Crippen molar-refractivity contribution in [3.8, 4) is 0 Å². The van der Waals surface area contributed by atoms with Gasteiger partial charge in [0.1, 0.15) is 5.84 Å². The van der Waals surface area contributed by atoms with E-state index in [-0.39, 0.29) is 5.84 Å². The van der Waals surface area contributed by atoms with E-state index >= 15 is 0 Å². The molecule has 3 N–H and O–H groups in total. The van der Waals surface area contributed by atoms with E-state index in [9.17, 15) is 0 Å². The number of nitrogen functional groups attached to an aromatic ring is 1. The van der Waals surface area contributed by atoms with Crippen molar-refractivity contribution >= 4 is 11.5 Å². The van der Waals surface area contributed by atoms with Crippen LogP contribution in [0.5, 0.6) is 0 Å². The summed E-state index contributed by atoms with van der Waals surface area (Å²) in [6.45, 7) is 6.36. The van der Waals surface area contributed by atoms with Crippen LogP contribution in [0.4, 0.5) is 5.69 Å². The molecule has 0 amide bonds. The van der Waals surface area contributed by atoms with Crippen LogP contribution in [0.25, 0.3) is 0 Å². The Morgan fingerprint density at radius 2 is 1.75 bits per heavy atom. The fourth-order valence-corrected chi connectivity index (χ4v) is 1.87. The Hall–Kier alpha value is -1.51. The van der Waals surface area contributed by atoms with Gasteiger partial charge in [0.05, 0.1) is 0 Å². The zero-order valence-electron chi connectivity index (χ0n) is 10.2. The van der Waals surface area contributed by atoms with E-state index in [0.717, 1.165) is 37.2 Å². The first-order chi connectivity index (χ1) is 7.70. The third-order valence-electron chi connectivity index (χ3n) is 2.52. The molecule has 0 spiro atoms. The van der Waals surface area contributed by atoms with E-state index in [1.165, 1.54) is 0 Å². The quantitative estimate of drug-likeness (QED) is 0.571. The minimum atomic E-state index is 0.146. The Balaban J connectivity index is 3.02. The zero-order valence-corrected chi connectivity index (χ0v) is 10.2. The number of anilines is 1. The van der Waals surface area contributed by atoms with Crippen LogP contribution >= 0.6 is 0 Å². The van der Waals surface area contributed by atoms with Gasteiger partial charge >= 0.3 is 0 Å². The fourth-order valence-electron chi connectivity index (χ4n) is 1.87. The smallest absolute Gasteiger partial charge is 0.124 e. The van der Waals surface area contributed by atoms with Gasteiger partial charge in [0.25, 0.3) is 0 Å². The van der Waals surface area contributed by atoms with E-state index in [1.807, 2.05) is 24.3 Å². The number of nitrogens with two attached hydrogens (primary N) is 1. The molecule has 1 rings (SSSR count). The van der Waals surface area contributed by atoms with Gasteiger partial charge in [-0.25, -0.2) is 0 Å². The summed E-state index contributed by atoms with van der Waals surface area (Å²) in [4.78, 5) is 2.30. The molecule has 3 nitrogen and oxygen atoms in total. The van der Waals surface area contributed by atoms with Gasteiger partial charge in [0.2, 0.25) is 0 Å². The van der Waals surface area contributed by atoms with Crippen molar-refractivity contribution in [3.05, 3.63) is 29.8 Å². The van der Waals surface area contributed by atoms with E-state index in [2.05, 4.69) is 18.7 Å². The van der Waals surface area contributed by atoms with E-state index in [4.69, 9.17) is 11.1 Å². The van der Waals surface area contributed by atoms with Crippen LogP contribution in [0.2, 0.25) is 0 Å². The molecule has 1 aromatic rings. The summed E-state index contributed by atoms with van der Waals surface area (Å²) in [7, 11) is 0. The first kappa shape index (κ1) is 12.6. The van der Waals surface area contributed by atoms with Crippen molar-refractivity contribution in [3.63, 3.8) is 0 Å². The summed E-state index contributed by atoms with van der Waals surface area (Å²) < 4.78 is 0. The number of hydrogen-bond donors (Lipinski definition) is 2. The van der Waals surface area contributed by atoms with Gasteiger partial charge in [0, 0.05) is 24.3 Å². The fraction of sp³-hybridized carbons (Fsp3) is 0.462. The lowest BCUT2D eigenvalue weighted by atomic mass is 10.1. The Labute approximate surface area is 97.8 Å². The van der Waals surface area contributed by atoms with Gasteiger partial charge in [0.15, 0.2) is 0 Å². The van der Waals surface area contributed by atoms with E-state index in [0.29, 0.717) is 0 Å². The second-order valence-corrected chi connectivity index (χ2v) is 3.92. The molecule has 3 heteroatoms. The third kappa shape index (κ3) is 2.99. The number of hydrogen-bond acceptors (Lipinski definition) is 2. The van der Waals surface area contributed by atoms with Crippen molar-refractivity contribution in [2.45, 2.75) is 26.7 Å². The molecule has 0 atom stereocenters. The maximum Gasteiger partial charge on any atom is 0.124 e. The number of nitrogens with zero attached hydrogens (tertiary/aromatic N) is 1. The molecule has 0 saturated heterocycles. The Bertz CT molecular complexity index is 341. The minimum absolute atomic E-state index is 0.146. The van der Waals surface area contributed by atoms with Crippen molar-refractivity contribution < 1.29 is 0 Å². The minimum Gasteiger partial charge on any atom is -0.384 e. The molecule has 0 heterocycles. The second-order valence-electron chi connectivity index (χ2n) is 3.92. The average molecular weight is 219 g/mol. The lowest BCUT2D eigenvalue weighted by molar-refractivity contribution is 0.744. The highest BCUT2D eigenvalue weighted by Crippen LogP contribution is 2.20. The highest BCUT2D eigenvalue weighted by Gasteiger charge is 2.10. The Morgan fingerprint density at radius 1 is 1.19 bits per heavy atom. The molecule has 0 fully saturated rings. The van der Waals surface area contributed by atoms with Crippen LogP contribution < -0.4 is 10.6 Å². The van der Waals surface area contributed by atoms with Gasteiger partial charge in [-0.05, 0) is 25.0 Å². The molecule has 0 aliphatic rings. The molecule has 0 aromatic heterocycles. The van der Waals surface area contributed by atoms with Gasteiger partial charge < -0.3 is 10.6 Å². The first-order valence-electron chi connectivity index (χ1n) is 5.89. The Morgan fingerprint density at radius 3 is 2.25 bits per heavy atom. The number of amidine groups is 1. The standard InChI is InChI=1S/C13H21N3/c1-3-9-16(10-4-2)12-8-6-5-7-11(12)13(14)15/h5-8H,3-4,9-10H2,1-2H3,(H3,14,15). The van der Waals surface area contributed by atoms with Crippen molar-refractivity contribution in [1.82, 2.24) is 0 Å². The van der Waals surface area contributed by atoms with Crippen LogP contribution in [0.15, 0.2) is 24.3 Å². The number of rotatable bonds is 6. The monoisotopic (exact) mass is 219 g/mol. The summed E-state index contributed by atoms with van der Waals surface area (Å²) in [5, 5.41) is 7.59. The molecule has 0 aliphatic heterocycles. The molecule has 0 radical (unpaired) electrons. The molecule has 0 unspecified atom stereocenters. The predicted molar refractivity (Wildman–Crippen MR) is 70.3 cm³/mol. The largest absolute Gasteiger partial charge is 0.384 e. The topological polar surface area (TPSA) is 53.1 Å². The van der Waals surface area contributed by atoms with Crippen LogP contribution in [-0.2, 0) is 0 Å². The third-order valence-corrected chi connectivity index (χ3v) is 2.52. The van der Waals surface area contributed by atoms with Gasteiger partial charge in [-0.1, -0.05) is 26.0 Å². The van der Waals surface area contributed by atoms with Gasteiger partial charge in [-0.15, -0.1) is 0 Å². The lowest BCUT2D eigenvalue weighted by Gasteiger charge is -2.26. The summed E-state index contributed by atoms with van der Waals surface area (Å²) in [5.41, 5.74) is 7.52. The highest BCUT2D eigenvalue weighted by atomic mass is 15.1. The average Bonchev–Trinajstić information content (AvgIpc) is 2.29. The number of para-hydroxylation sites is 1. The normalized spacial score (nSPS) is 10.1. The maximum atomic E-state index is 7.59. The molecule has 0 aliphatic carbocycles. The van der Waals surface area contributed by atoms with Crippen LogP contribution in [0.1, 0.15) is 32.3 Å². The Kier molecular flexibility index (Phi) is 4.83. The number of benzene rings is 1. The molecule has 1 aromatic carbocycles. The van der Waals surface area contributed by atoms with Gasteiger partial charge in [-0.3, -0.25) is 5.41 Å². The van der Waals surface area contributed by atoms with Crippen molar-refractivity contribution in [2.24, 2.45) is 5.73 Å². The predicted octanol–water partition coefficient (Wildman–Crippen LogP) is 2.60. The second kappa shape index (κ2) is 6.16. The SMILES string of the molecule is CCCN(CCC)c1ccccc1C(=N)N. The summed E-state index contributed by atoms with van der Waals surface area (Å²) in [6.07, 6.45) is 2.21. The van der Waals surface area contributed by atoms with Crippen molar-refractivity contribution in [2.75, 3.05) is 18.0 Å². The molecule has 0 saturated carbocycles. The summed E-state index contributed by atoms with van der Waals surface area (Å²) in [6, 6.07) is 7.88. The maximum absolute atomic E-state index is 7.59. The van der Waals surface area contributed by atoms with E-state index < -0.39 is 0 Å². The zero-order chi connectivity index (χ0) is 12.0. The molecule has 88 valence electrons.